The normalized spacial score (nSPS) is 21.4. The number of nitrogens with zero attached hydrogens (tertiary/aromatic N) is 1. The van der Waals surface area contributed by atoms with Crippen LogP contribution in [0.1, 0.15) is 28.8 Å². The molecule has 0 spiro atoms. The fourth-order valence-electron chi connectivity index (χ4n) is 4.12. The van der Waals surface area contributed by atoms with Crippen molar-refractivity contribution in [1.82, 2.24) is 9.62 Å². The number of anilines is 1. The zero-order chi connectivity index (χ0) is 23.3. The summed E-state index contributed by atoms with van der Waals surface area (Å²) in [5.41, 5.74) is 0.330. The van der Waals surface area contributed by atoms with Gasteiger partial charge in [-0.3, -0.25) is 9.59 Å². The highest BCUT2D eigenvalue weighted by Gasteiger charge is 2.40. The van der Waals surface area contributed by atoms with Crippen LogP contribution in [0.5, 0.6) is 0 Å². The van der Waals surface area contributed by atoms with E-state index < -0.39 is 45.7 Å². The Balaban J connectivity index is 1.66. The van der Waals surface area contributed by atoms with Crippen LogP contribution in [-0.2, 0) is 21.0 Å². The molecule has 2 heterocycles. The van der Waals surface area contributed by atoms with Gasteiger partial charge in [-0.1, -0.05) is 18.2 Å². The van der Waals surface area contributed by atoms with Crippen LogP contribution < -0.4 is 10.0 Å². The Morgan fingerprint density at radius 3 is 2.50 bits per heavy atom. The van der Waals surface area contributed by atoms with E-state index in [1.807, 2.05) is 0 Å². The molecule has 32 heavy (non-hydrogen) atoms. The van der Waals surface area contributed by atoms with Gasteiger partial charge in [0.1, 0.15) is 6.04 Å². The lowest BCUT2D eigenvalue weighted by molar-refractivity contribution is -0.137. The number of fused-ring (bicyclic) bond motifs is 2. The van der Waals surface area contributed by atoms with E-state index in [0.29, 0.717) is 17.5 Å². The lowest BCUT2D eigenvalue weighted by Gasteiger charge is -2.37. The number of piperidine rings is 1. The maximum Gasteiger partial charge on any atom is 0.416 e. The van der Waals surface area contributed by atoms with Gasteiger partial charge in [-0.15, -0.1) is 0 Å². The van der Waals surface area contributed by atoms with Crippen molar-refractivity contribution in [2.24, 2.45) is 0 Å². The molecule has 2 atom stereocenters. The van der Waals surface area contributed by atoms with Gasteiger partial charge in [0.25, 0.3) is 5.91 Å². The molecule has 2 aromatic rings. The predicted molar refractivity (Wildman–Crippen MR) is 111 cm³/mol. The van der Waals surface area contributed by atoms with Gasteiger partial charge in [0.15, 0.2) is 0 Å². The molecular weight excluding hydrogens is 447 g/mol. The second kappa shape index (κ2) is 7.89. The zero-order valence-corrected chi connectivity index (χ0v) is 17.8. The number of carbonyl (C=O) groups excluding carboxylic acids is 2. The molecule has 2 aromatic carbocycles. The summed E-state index contributed by atoms with van der Waals surface area (Å²) in [6, 6.07) is 7.95. The Hall–Kier alpha value is -2.92. The highest BCUT2D eigenvalue weighted by molar-refractivity contribution is 7.88. The Bertz CT molecular complexity index is 1200. The van der Waals surface area contributed by atoms with Crippen molar-refractivity contribution in [2.75, 3.05) is 18.1 Å². The minimum Gasteiger partial charge on any atom is -0.326 e. The average Bonchev–Trinajstić information content (AvgIpc) is 2.81. The number of hydrogen-bond acceptors (Lipinski definition) is 4. The quantitative estimate of drug-likeness (QED) is 0.726. The van der Waals surface area contributed by atoms with E-state index in [-0.39, 0.29) is 24.2 Å². The third-order valence-electron chi connectivity index (χ3n) is 5.58. The largest absolute Gasteiger partial charge is 0.416 e. The third kappa shape index (κ3) is 4.49. The third-order valence-corrected chi connectivity index (χ3v) is 6.34. The summed E-state index contributed by atoms with van der Waals surface area (Å²) in [6.07, 6.45) is -3.00. The van der Waals surface area contributed by atoms with Gasteiger partial charge < -0.3 is 10.2 Å². The Morgan fingerprint density at radius 2 is 1.81 bits per heavy atom. The van der Waals surface area contributed by atoms with Gasteiger partial charge in [0.2, 0.25) is 15.9 Å². The molecule has 2 aliphatic heterocycles. The summed E-state index contributed by atoms with van der Waals surface area (Å²) >= 11 is 0. The van der Waals surface area contributed by atoms with E-state index >= 15 is 0 Å². The van der Waals surface area contributed by atoms with Crippen LogP contribution in [0.2, 0.25) is 0 Å². The average molecular weight is 467 g/mol. The van der Waals surface area contributed by atoms with Crippen LogP contribution in [-0.4, -0.2) is 50.0 Å². The fraction of sp³-hybridized carbons (Fsp3) is 0.333. The maximum atomic E-state index is 13.2. The molecule has 0 saturated carbocycles. The first kappa shape index (κ1) is 22.3. The van der Waals surface area contributed by atoms with Crippen LogP contribution in [0.3, 0.4) is 0 Å². The van der Waals surface area contributed by atoms with Crippen molar-refractivity contribution in [3.8, 4) is 11.1 Å². The number of nitrogens with one attached hydrogen (secondary N) is 2. The lowest BCUT2D eigenvalue weighted by atomic mass is 9.96. The number of alkyl halides is 3. The summed E-state index contributed by atoms with van der Waals surface area (Å²) < 4.78 is 64.8. The number of sulfonamides is 1. The van der Waals surface area contributed by atoms with Gasteiger partial charge in [-0.25, -0.2) is 13.1 Å². The highest BCUT2D eigenvalue weighted by Crippen LogP contribution is 2.35. The van der Waals surface area contributed by atoms with E-state index in [1.54, 1.807) is 6.07 Å². The Morgan fingerprint density at radius 1 is 1.09 bits per heavy atom. The number of benzene rings is 2. The number of carbonyl (C=O) groups is 2. The van der Waals surface area contributed by atoms with Gasteiger partial charge in [0, 0.05) is 12.6 Å². The van der Waals surface area contributed by atoms with Crippen molar-refractivity contribution in [1.29, 1.82) is 0 Å². The van der Waals surface area contributed by atoms with E-state index in [0.717, 1.165) is 18.4 Å². The molecule has 1 saturated heterocycles. The van der Waals surface area contributed by atoms with Crippen molar-refractivity contribution in [2.45, 2.75) is 31.1 Å². The lowest BCUT2D eigenvalue weighted by Crippen LogP contribution is -2.54. The fourth-order valence-corrected chi connectivity index (χ4v) is 4.94. The molecule has 11 heteroatoms. The van der Waals surface area contributed by atoms with Crippen LogP contribution in [0.25, 0.3) is 11.1 Å². The number of rotatable bonds is 3. The molecule has 7 nitrogen and oxygen atoms in total. The predicted octanol–water partition coefficient (Wildman–Crippen LogP) is 2.85. The number of amides is 2. The van der Waals surface area contributed by atoms with Crippen LogP contribution in [0.4, 0.5) is 18.9 Å². The topological polar surface area (TPSA) is 95.6 Å². The van der Waals surface area contributed by atoms with Crippen molar-refractivity contribution in [3.63, 3.8) is 0 Å². The summed E-state index contributed by atoms with van der Waals surface area (Å²) in [5, 5.41) is 2.69. The van der Waals surface area contributed by atoms with Crippen LogP contribution in [0, 0.1) is 0 Å². The maximum absolute atomic E-state index is 13.2. The summed E-state index contributed by atoms with van der Waals surface area (Å²) in [7, 11) is -3.47. The molecule has 2 amide bonds. The molecule has 0 bridgehead atoms. The second-order valence-corrected chi connectivity index (χ2v) is 9.73. The summed E-state index contributed by atoms with van der Waals surface area (Å²) in [4.78, 5) is 27.4. The van der Waals surface area contributed by atoms with Gasteiger partial charge in [-0.05, 0) is 48.2 Å². The van der Waals surface area contributed by atoms with Gasteiger partial charge in [0.05, 0.1) is 23.1 Å². The molecule has 2 aliphatic rings. The van der Waals surface area contributed by atoms with Gasteiger partial charge >= 0.3 is 6.18 Å². The first-order valence-electron chi connectivity index (χ1n) is 9.83. The summed E-state index contributed by atoms with van der Waals surface area (Å²) in [6.45, 7) is 0.164. The van der Waals surface area contributed by atoms with E-state index in [9.17, 15) is 31.2 Å². The van der Waals surface area contributed by atoms with Crippen molar-refractivity contribution >= 4 is 27.5 Å². The molecule has 0 aromatic heterocycles. The molecule has 0 radical (unpaired) electrons. The van der Waals surface area contributed by atoms with Crippen LogP contribution >= 0.6 is 0 Å². The molecule has 0 unspecified atom stereocenters. The Labute approximate surface area is 182 Å². The van der Waals surface area contributed by atoms with Gasteiger partial charge in [-0.2, -0.15) is 13.2 Å². The standard InChI is InChI=1S/C21H20F3N3O4S/c1-32(30,31)26-15-7-8-27-18(11-15)19(28)25-17-6-5-13(10-16(17)20(27)29)12-3-2-4-14(9-12)21(22,23)24/h2-6,9-10,15,18,26H,7-8,11H2,1H3,(H,25,28)/t15-,18-/m0/s1. The van der Waals surface area contributed by atoms with E-state index in [1.165, 1.54) is 29.2 Å². The minimum absolute atomic E-state index is 0.124. The first-order chi connectivity index (χ1) is 14.9. The smallest absolute Gasteiger partial charge is 0.326 e. The minimum atomic E-state index is -4.50. The molecule has 2 N–H and O–H groups in total. The van der Waals surface area contributed by atoms with Crippen molar-refractivity contribution < 1.29 is 31.2 Å². The van der Waals surface area contributed by atoms with E-state index in [4.69, 9.17) is 0 Å². The molecule has 4 rings (SSSR count). The van der Waals surface area contributed by atoms with Crippen LogP contribution in [0.15, 0.2) is 42.5 Å². The highest BCUT2D eigenvalue weighted by atomic mass is 32.2. The van der Waals surface area contributed by atoms with E-state index in [2.05, 4.69) is 10.0 Å². The monoisotopic (exact) mass is 467 g/mol. The number of halogens is 3. The molecular formula is C21H20F3N3O4S. The number of hydrogen-bond donors (Lipinski definition) is 2. The molecule has 1 fully saturated rings. The Kier molecular flexibility index (Phi) is 5.49. The van der Waals surface area contributed by atoms with Crippen molar-refractivity contribution in [3.05, 3.63) is 53.6 Å². The first-order valence-corrected chi connectivity index (χ1v) is 11.7. The SMILES string of the molecule is CS(=O)(=O)N[C@H]1CCN2C(=O)c3cc(-c4cccc(C(F)(F)F)c4)ccc3NC(=O)[C@@H]2C1. The summed E-state index contributed by atoms with van der Waals surface area (Å²) in [5.74, 6) is -0.876. The zero-order valence-electron chi connectivity index (χ0n) is 16.9. The molecule has 170 valence electrons. The molecule has 0 aliphatic carbocycles. The second-order valence-electron chi connectivity index (χ2n) is 7.95.